The molecule has 0 aliphatic heterocycles. The van der Waals surface area contributed by atoms with Gasteiger partial charge < -0.3 is 9.80 Å². The summed E-state index contributed by atoms with van der Waals surface area (Å²) in [5.41, 5.74) is 5.12. The Hall–Kier alpha value is -3.23. The molecule has 4 aromatic rings. The molecular formula is C25H21ClN2. The van der Waals surface area contributed by atoms with Crippen LogP contribution in [0.2, 0.25) is 5.02 Å². The van der Waals surface area contributed by atoms with Crippen LogP contribution in [-0.2, 0) is 0 Å². The van der Waals surface area contributed by atoms with Crippen molar-refractivity contribution in [1.82, 2.24) is 0 Å². The summed E-state index contributed by atoms with van der Waals surface area (Å²) in [7, 11) is 2.04. The summed E-state index contributed by atoms with van der Waals surface area (Å²) in [5.74, 6) is 0. The van der Waals surface area contributed by atoms with E-state index >= 15 is 0 Å². The maximum absolute atomic E-state index is 6.96. The fourth-order valence-corrected chi connectivity index (χ4v) is 3.65. The first kappa shape index (κ1) is 18.1. The van der Waals surface area contributed by atoms with Gasteiger partial charge in [-0.05, 0) is 48.5 Å². The van der Waals surface area contributed by atoms with E-state index in [0.717, 1.165) is 28.4 Å². The van der Waals surface area contributed by atoms with Crippen LogP contribution in [0.15, 0.2) is 109 Å². The third-order valence-electron chi connectivity index (χ3n) is 4.73. The topological polar surface area (TPSA) is 6.48 Å². The molecule has 0 aromatic heterocycles. The number of hydrogen-bond acceptors (Lipinski definition) is 2. The molecule has 0 bridgehead atoms. The van der Waals surface area contributed by atoms with Crippen molar-refractivity contribution in [3.8, 4) is 0 Å². The minimum Gasteiger partial charge on any atom is -0.343 e. The van der Waals surface area contributed by atoms with Crippen LogP contribution in [-0.4, -0.2) is 7.05 Å². The van der Waals surface area contributed by atoms with Gasteiger partial charge in [0.15, 0.2) is 0 Å². The van der Waals surface area contributed by atoms with Crippen molar-refractivity contribution >= 4 is 40.0 Å². The van der Waals surface area contributed by atoms with E-state index in [4.69, 9.17) is 11.6 Å². The second-order valence-electron chi connectivity index (χ2n) is 6.51. The van der Waals surface area contributed by atoms with E-state index in [1.165, 1.54) is 0 Å². The molecule has 0 amide bonds. The van der Waals surface area contributed by atoms with Crippen molar-refractivity contribution in [2.75, 3.05) is 16.8 Å². The second-order valence-corrected chi connectivity index (χ2v) is 6.89. The first-order chi connectivity index (χ1) is 13.8. The molecule has 0 saturated carbocycles. The monoisotopic (exact) mass is 384 g/mol. The minimum absolute atomic E-state index is 0.710. The van der Waals surface area contributed by atoms with Crippen LogP contribution in [0.1, 0.15) is 0 Å². The molecule has 0 heterocycles. The maximum Gasteiger partial charge on any atom is 0.0883 e. The number of anilines is 5. The molecule has 0 aliphatic carbocycles. The number of nitrogens with zero attached hydrogens (tertiary/aromatic N) is 2. The SMILES string of the molecule is CN(c1ccccc1)c1cccc(N(c2ccccc2)c2ccccc2)c1Cl. The zero-order valence-corrected chi connectivity index (χ0v) is 16.4. The summed E-state index contributed by atoms with van der Waals surface area (Å²) in [5, 5.41) is 0.710. The summed E-state index contributed by atoms with van der Waals surface area (Å²) in [6, 6.07) is 37.0. The summed E-state index contributed by atoms with van der Waals surface area (Å²) >= 11 is 6.96. The highest BCUT2D eigenvalue weighted by Crippen LogP contribution is 2.43. The van der Waals surface area contributed by atoms with E-state index in [0.29, 0.717) is 5.02 Å². The van der Waals surface area contributed by atoms with Crippen LogP contribution in [0.3, 0.4) is 0 Å². The Bertz CT molecular complexity index is 994. The van der Waals surface area contributed by atoms with Crippen LogP contribution < -0.4 is 9.80 Å². The van der Waals surface area contributed by atoms with Gasteiger partial charge in [-0.1, -0.05) is 72.3 Å². The lowest BCUT2D eigenvalue weighted by molar-refractivity contribution is 1.20. The molecule has 0 saturated heterocycles. The molecule has 0 radical (unpaired) electrons. The summed E-state index contributed by atoms with van der Waals surface area (Å²) < 4.78 is 0. The summed E-state index contributed by atoms with van der Waals surface area (Å²) in [6.45, 7) is 0. The molecule has 3 heteroatoms. The Balaban J connectivity index is 1.84. The minimum atomic E-state index is 0.710. The third kappa shape index (κ3) is 3.60. The molecule has 0 aliphatic rings. The molecule has 28 heavy (non-hydrogen) atoms. The lowest BCUT2D eigenvalue weighted by atomic mass is 10.1. The van der Waals surface area contributed by atoms with Gasteiger partial charge in [-0.25, -0.2) is 0 Å². The van der Waals surface area contributed by atoms with E-state index in [-0.39, 0.29) is 0 Å². The molecule has 0 atom stereocenters. The van der Waals surface area contributed by atoms with Crippen molar-refractivity contribution in [2.45, 2.75) is 0 Å². The standard InChI is InChI=1S/C25H21ClN2/c1-27(20-12-5-2-6-13-20)23-18-11-19-24(25(23)26)28(21-14-7-3-8-15-21)22-16-9-4-10-17-22/h2-19H,1H3. The zero-order chi connectivity index (χ0) is 19.3. The predicted molar refractivity (Wildman–Crippen MR) is 121 cm³/mol. The van der Waals surface area contributed by atoms with E-state index in [1.807, 2.05) is 67.7 Å². The Labute approximate surface area is 171 Å². The van der Waals surface area contributed by atoms with Gasteiger partial charge >= 0.3 is 0 Å². The van der Waals surface area contributed by atoms with Crippen LogP contribution in [0.4, 0.5) is 28.4 Å². The average Bonchev–Trinajstić information content (AvgIpc) is 2.77. The lowest BCUT2D eigenvalue weighted by Crippen LogP contribution is -2.14. The fourth-order valence-electron chi connectivity index (χ4n) is 3.31. The van der Waals surface area contributed by atoms with Gasteiger partial charge in [-0.15, -0.1) is 0 Å². The van der Waals surface area contributed by atoms with E-state index in [1.54, 1.807) is 0 Å². The molecule has 2 nitrogen and oxygen atoms in total. The van der Waals surface area contributed by atoms with E-state index in [9.17, 15) is 0 Å². The zero-order valence-electron chi connectivity index (χ0n) is 15.7. The summed E-state index contributed by atoms with van der Waals surface area (Å²) in [4.78, 5) is 4.30. The van der Waals surface area contributed by atoms with Gasteiger partial charge in [0.05, 0.1) is 16.4 Å². The number of halogens is 1. The van der Waals surface area contributed by atoms with Crippen molar-refractivity contribution in [3.63, 3.8) is 0 Å². The van der Waals surface area contributed by atoms with Gasteiger partial charge in [0.2, 0.25) is 0 Å². The first-order valence-electron chi connectivity index (χ1n) is 9.23. The second kappa shape index (κ2) is 8.20. The molecule has 138 valence electrons. The highest BCUT2D eigenvalue weighted by Gasteiger charge is 2.18. The molecule has 0 N–H and O–H groups in total. The van der Waals surface area contributed by atoms with E-state index < -0.39 is 0 Å². The van der Waals surface area contributed by atoms with Crippen molar-refractivity contribution < 1.29 is 0 Å². The Morgan fingerprint density at radius 1 is 0.500 bits per heavy atom. The third-order valence-corrected chi connectivity index (χ3v) is 5.12. The average molecular weight is 385 g/mol. The molecule has 4 rings (SSSR count). The Morgan fingerprint density at radius 2 is 0.929 bits per heavy atom. The number of benzene rings is 4. The van der Waals surface area contributed by atoms with Gasteiger partial charge in [0.1, 0.15) is 0 Å². The van der Waals surface area contributed by atoms with Gasteiger partial charge in [-0.2, -0.15) is 0 Å². The molecule has 4 aromatic carbocycles. The number of rotatable bonds is 5. The Kier molecular flexibility index (Phi) is 5.31. The van der Waals surface area contributed by atoms with Crippen molar-refractivity contribution in [3.05, 3.63) is 114 Å². The lowest BCUT2D eigenvalue weighted by Gasteiger charge is -2.29. The fraction of sp³-hybridized carbons (Fsp3) is 0.0400. The van der Waals surface area contributed by atoms with Crippen LogP contribution in [0.5, 0.6) is 0 Å². The molecule has 0 spiro atoms. The number of para-hydroxylation sites is 3. The van der Waals surface area contributed by atoms with Gasteiger partial charge in [0, 0.05) is 24.1 Å². The van der Waals surface area contributed by atoms with Crippen molar-refractivity contribution in [1.29, 1.82) is 0 Å². The largest absolute Gasteiger partial charge is 0.343 e. The number of hydrogen-bond donors (Lipinski definition) is 0. The quantitative estimate of drug-likeness (QED) is 0.350. The van der Waals surface area contributed by atoms with Crippen molar-refractivity contribution in [2.24, 2.45) is 0 Å². The Morgan fingerprint density at radius 3 is 1.43 bits per heavy atom. The first-order valence-corrected chi connectivity index (χ1v) is 9.61. The van der Waals surface area contributed by atoms with Gasteiger partial charge in [0.25, 0.3) is 0 Å². The van der Waals surface area contributed by atoms with Crippen LogP contribution in [0.25, 0.3) is 0 Å². The predicted octanol–water partition coefficient (Wildman–Crippen LogP) is 7.58. The molecule has 0 unspecified atom stereocenters. The highest BCUT2D eigenvalue weighted by molar-refractivity contribution is 6.36. The van der Waals surface area contributed by atoms with Gasteiger partial charge in [-0.3, -0.25) is 0 Å². The maximum atomic E-state index is 6.96. The van der Waals surface area contributed by atoms with Crippen LogP contribution >= 0.6 is 11.6 Å². The summed E-state index contributed by atoms with van der Waals surface area (Å²) in [6.07, 6.45) is 0. The normalized spacial score (nSPS) is 10.5. The highest BCUT2D eigenvalue weighted by atomic mass is 35.5. The smallest absolute Gasteiger partial charge is 0.0883 e. The van der Waals surface area contributed by atoms with E-state index in [2.05, 4.69) is 58.3 Å². The van der Waals surface area contributed by atoms with Crippen LogP contribution in [0, 0.1) is 0 Å². The molecule has 0 fully saturated rings. The molecular weight excluding hydrogens is 364 g/mol.